The van der Waals surface area contributed by atoms with Gasteiger partial charge in [-0.25, -0.2) is 13.1 Å². The molecule has 1 aromatic carbocycles. The minimum Gasteiger partial charge on any atom is -0.451 e. The van der Waals surface area contributed by atoms with E-state index in [1.807, 2.05) is 13.8 Å². The molecule has 0 spiro atoms. The number of esters is 1. The minimum absolute atomic E-state index is 0.0437. The molecule has 1 amide bonds. The number of carbonyl (C=O) groups is 2. The maximum Gasteiger partial charge on any atom is 0.325 e. The van der Waals surface area contributed by atoms with Gasteiger partial charge in [0.05, 0.1) is 11.1 Å². The van der Waals surface area contributed by atoms with Gasteiger partial charge in [0.15, 0.2) is 6.10 Å². The molecule has 168 valence electrons. The van der Waals surface area contributed by atoms with Crippen molar-refractivity contribution in [2.75, 3.05) is 11.9 Å². The molecular formula is C21H28N4O5S. The fourth-order valence-corrected chi connectivity index (χ4v) is 5.18. The third-order valence-corrected chi connectivity index (χ3v) is 7.07. The first-order valence-corrected chi connectivity index (χ1v) is 11.8. The molecular weight excluding hydrogens is 420 g/mol. The van der Waals surface area contributed by atoms with Crippen LogP contribution >= 0.6 is 0 Å². The van der Waals surface area contributed by atoms with Gasteiger partial charge in [-0.05, 0) is 52.2 Å². The Kier molecular flexibility index (Phi) is 7.11. The number of ether oxygens (including phenoxy) is 1. The van der Waals surface area contributed by atoms with Gasteiger partial charge in [-0.1, -0.05) is 18.2 Å². The number of benzene rings is 1. The van der Waals surface area contributed by atoms with Crippen molar-refractivity contribution in [1.82, 2.24) is 14.1 Å². The summed E-state index contributed by atoms with van der Waals surface area (Å²) in [6.07, 6.45) is 2.19. The van der Waals surface area contributed by atoms with Crippen molar-refractivity contribution in [3.05, 3.63) is 42.6 Å². The number of nitrogens with one attached hydrogen (secondary N) is 1. The zero-order valence-electron chi connectivity index (χ0n) is 17.9. The third-order valence-electron chi connectivity index (χ3n) is 5.15. The molecule has 10 heteroatoms. The molecule has 1 aliphatic heterocycles. The molecule has 2 atom stereocenters. The number of carbonyl (C=O) groups excluding carboxylic acids is 2. The number of hydrogen-bond donors (Lipinski definition) is 1. The molecule has 9 nitrogen and oxygen atoms in total. The summed E-state index contributed by atoms with van der Waals surface area (Å²) in [7, 11) is -3.85. The number of piperidine rings is 1. The van der Waals surface area contributed by atoms with E-state index < -0.39 is 34.0 Å². The van der Waals surface area contributed by atoms with Crippen LogP contribution in [0.3, 0.4) is 0 Å². The summed E-state index contributed by atoms with van der Waals surface area (Å²) in [4.78, 5) is 25.5. The topological polar surface area (TPSA) is 111 Å². The van der Waals surface area contributed by atoms with Crippen molar-refractivity contribution >= 4 is 27.7 Å². The van der Waals surface area contributed by atoms with E-state index in [-0.39, 0.29) is 17.5 Å². The lowest BCUT2D eigenvalue weighted by molar-refractivity contribution is -0.157. The molecule has 1 aliphatic rings. The van der Waals surface area contributed by atoms with Crippen LogP contribution in [0.2, 0.25) is 0 Å². The first-order chi connectivity index (χ1) is 14.7. The lowest BCUT2D eigenvalue weighted by Crippen LogP contribution is -2.49. The first kappa shape index (κ1) is 23.0. The van der Waals surface area contributed by atoms with Gasteiger partial charge < -0.3 is 10.1 Å². The van der Waals surface area contributed by atoms with E-state index in [0.717, 1.165) is 0 Å². The van der Waals surface area contributed by atoms with Gasteiger partial charge in [0.1, 0.15) is 11.9 Å². The normalized spacial score (nSPS) is 18.5. The summed E-state index contributed by atoms with van der Waals surface area (Å²) in [5.41, 5.74) is 0. The molecule has 3 rings (SSSR count). The van der Waals surface area contributed by atoms with Crippen molar-refractivity contribution in [1.29, 1.82) is 0 Å². The van der Waals surface area contributed by atoms with E-state index in [9.17, 15) is 18.0 Å². The zero-order chi connectivity index (χ0) is 22.6. The summed E-state index contributed by atoms with van der Waals surface area (Å²) >= 11 is 0. The third kappa shape index (κ3) is 5.13. The highest BCUT2D eigenvalue weighted by Crippen LogP contribution is 2.26. The van der Waals surface area contributed by atoms with E-state index in [4.69, 9.17) is 4.74 Å². The largest absolute Gasteiger partial charge is 0.451 e. The summed E-state index contributed by atoms with van der Waals surface area (Å²) in [5.74, 6) is -0.739. The highest BCUT2D eigenvalue weighted by atomic mass is 32.2. The number of rotatable bonds is 7. The van der Waals surface area contributed by atoms with Gasteiger partial charge in [0.25, 0.3) is 5.91 Å². The quantitative estimate of drug-likeness (QED) is 0.652. The Morgan fingerprint density at radius 2 is 1.84 bits per heavy atom. The predicted octanol–water partition coefficient (Wildman–Crippen LogP) is 2.58. The molecule has 2 heterocycles. The number of aromatic nitrogens is 2. The van der Waals surface area contributed by atoms with Crippen LogP contribution in [-0.4, -0.2) is 53.1 Å². The Hall–Kier alpha value is -2.72. The number of nitrogens with zero attached hydrogens (tertiary/aromatic N) is 3. The number of sulfonamides is 1. The number of amides is 1. The fourth-order valence-electron chi connectivity index (χ4n) is 3.52. The van der Waals surface area contributed by atoms with Crippen molar-refractivity contribution in [2.45, 2.75) is 63.1 Å². The predicted molar refractivity (Wildman–Crippen MR) is 115 cm³/mol. The van der Waals surface area contributed by atoms with E-state index in [1.165, 1.54) is 23.4 Å². The minimum atomic E-state index is -3.85. The van der Waals surface area contributed by atoms with Gasteiger partial charge in [-0.15, -0.1) is 0 Å². The maximum absolute atomic E-state index is 13.1. The van der Waals surface area contributed by atoms with Crippen molar-refractivity contribution in [3.63, 3.8) is 0 Å². The van der Waals surface area contributed by atoms with E-state index in [1.54, 1.807) is 35.1 Å². The molecule has 1 saturated heterocycles. The molecule has 1 N–H and O–H groups in total. The van der Waals surface area contributed by atoms with Crippen molar-refractivity contribution in [3.8, 4) is 0 Å². The monoisotopic (exact) mass is 448 g/mol. The molecule has 2 aromatic rings. The van der Waals surface area contributed by atoms with Gasteiger partial charge in [0.2, 0.25) is 10.0 Å². The Bertz CT molecular complexity index is 1020. The van der Waals surface area contributed by atoms with E-state index in [0.29, 0.717) is 25.1 Å². The van der Waals surface area contributed by atoms with Crippen molar-refractivity contribution in [2.24, 2.45) is 0 Å². The average molecular weight is 449 g/mol. The van der Waals surface area contributed by atoms with E-state index >= 15 is 0 Å². The first-order valence-electron chi connectivity index (χ1n) is 10.3. The standard InChI is InChI=1S/C21H28N4O5S/c1-15(2)25-19(12-13-22-25)23-20(26)16(3)30-21(27)18-11-7-8-14-24(18)31(28,29)17-9-5-4-6-10-17/h4-6,9-10,12-13,15-16,18H,7-8,11,14H2,1-3H3,(H,23,26)/t16-,18+/m0/s1. The number of hydrogen-bond acceptors (Lipinski definition) is 6. The van der Waals surface area contributed by atoms with Crippen LogP contribution in [0.15, 0.2) is 47.5 Å². The highest BCUT2D eigenvalue weighted by molar-refractivity contribution is 7.89. The fraction of sp³-hybridized carbons (Fsp3) is 0.476. The van der Waals surface area contributed by atoms with Crippen LogP contribution < -0.4 is 5.32 Å². The molecule has 0 unspecified atom stereocenters. The highest BCUT2D eigenvalue weighted by Gasteiger charge is 2.39. The molecule has 1 aromatic heterocycles. The molecule has 0 radical (unpaired) electrons. The van der Waals surface area contributed by atoms with Crippen LogP contribution in [0.25, 0.3) is 0 Å². The van der Waals surface area contributed by atoms with Gasteiger partial charge in [0, 0.05) is 18.7 Å². The Morgan fingerprint density at radius 1 is 1.13 bits per heavy atom. The summed E-state index contributed by atoms with van der Waals surface area (Å²) in [6.45, 7) is 5.54. The summed E-state index contributed by atoms with van der Waals surface area (Å²) in [5, 5.41) is 6.85. The van der Waals surface area contributed by atoms with Gasteiger partial charge in [-0.2, -0.15) is 9.40 Å². The second-order valence-electron chi connectivity index (χ2n) is 7.76. The Morgan fingerprint density at radius 3 is 2.52 bits per heavy atom. The van der Waals surface area contributed by atoms with Crippen LogP contribution in [0.4, 0.5) is 5.82 Å². The average Bonchev–Trinajstić information content (AvgIpc) is 3.22. The lowest BCUT2D eigenvalue weighted by atomic mass is 10.1. The smallest absolute Gasteiger partial charge is 0.325 e. The zero-order valence-corrected chi connectivity index (χ0v) is 18.7. The SMILES string of the molecule is CC(C)n1nccc1NC(=O)[C@H](C)OC(=O)[C@H]1CCCCN1S(=O)(=O)c1ccccc1. The van der Waals surface area contributed by atoms with E-state index in [2.05, 4.69) is 10.4 Å². The lowest BCUT2D eigenvalue weighted by Gasteiger charge is -2.33. The summed E-state index contributed by atoms with van der Waals surface area (Å²) in [6, 6.07) is 8.74. The molecule has 0 bridgehead atoms. The van der Waals surface area contributed by atoms with Crippen LogP contribution in [0.5, 0.6) is 0 Å². The van der Waals surface area contributed by atoms with Crippen LogP contribution in [0.1, 0.15) is 46.1 Å². The van der Waals surface area contributed by atoms with Crippen LogP contribution in [0, 0.1) is 0 Å². The second-order valence-corrected chi connectivity index (χ2v) is 9.65. The number of anilines is 1. The molecule has 0 saturated carbocycles. The second kappa shape index (κ2) is 9.61. The summed E-state index contributed by atoms with van der Waals surface area (Å²) < 4.78 is 34.3. The molecule has 0 aliphatic carbocycles. The Labute approximate surface area is 182 Å². The maximum atomic E-state index is 13.1. The van der Waals surface area contributed by atoms with Gasteiger partial charge >= 0.3 is 5.97 Å². The molecule has 1 fully saturated rings. The molecule has 31 heavy (non-hydrogen) atoms. The van der Waals surface area contributed by atoms with Crippen molar-refractivity contribution < 1.29 is 22.7 Å². The Balaban J connectivity index is 1.70. The van der Waals surface area contributed by atoms with Gasteiger partial charge in [-0.3, -0.25) is 9.59 Å². The van der Waals surface area contributed by atoms with Crippen LogP contribution in [-0.2, 0) is 24.3 Å².